The van der Waals surface area contributed by atoms with Crippen LogP contribution in [0.15, 0.2) is 61.2 Å². The summed E-state index contributed by atoms with van der Waals surface area (Å²) < 4.78 is 5.45. The van der Waals surface area contributed by atoms with E-state index in [1.165, 1.54) is 0 Å². The summed E-state index contributed by atoms with van der Waals surface area (Å²) in [6, 6.07) is 15.6. The number of hydrogen-bond acceptors (Lipinski definition) is 3. The molecular weight excluding hydrogens is 300 g/mol. The SMILES string of the molecule is C=CCOc1ccc(CCC(=O)N(C)Cc2ccccc2)cc1N. The highest BCUT2D eigenvalue weighted by molar-refractivity contribution is 5.76. The quantitative estimate of drug-likeness (QED) is 0.598. The Hall–Kier alpha value is -2.75. The largest absolute Gasteiger partial charge is 0.487 e. The molecule has 0 fully saturated rings. The third-order valence-electron chi connectivity index (χ3n) is 3.75. The molecule has 2 aromatic rings. The lowest BCUT2D eigenvalue weighted by molar-refractivity contribution is -0.130. The van der Waals surface area contributed by atoms with Crippen molar-refractivity contribution in [3.05, 3.63) is 72.3 Å². The van der Waals surface area contributed by atoms with Crippen LogP contribution in [0.2, 0.25) is 0 Å². The fourth-order valence-corrected chi connectivity index (χ4v) is 2.42. The van der Waals surface area contributed by atoms with E-state index >= 15 is 0 Å². The third kappa shape index (κ3) is 5.16. The molecule has 0 heterocycles. The lowest BCUT2D eigenvalue weighted by Gasteiger charge is -2.17. The highest BCUT2D eigenvalue weighted by Crippen LogP contribution is 2.23. The molecular formula is C20H24N2O2. The van der Waals surface area contributed by atoms with E-state index in [0.29, 0.717) is 37.4 Å². The van der Waals surface area contributed by atoms with Gasteiger partial charge in [0.15, 0.2) is 0 Å². The molecule has 0 aromatic heterocycles. The molecule has 0 saturated carbocycles. The first-order chi connectivity index (χ1) is 11.6. The molecule has 2 rings (SSSR count). The zero-order valence-electron chi connectivity index (χ0n) is 14.1. The molecule has 1 amide bonds. The Kier molecular flexibility index (Phi) is 6.43. The summed E-state index contributed by atoms with van der Waals surface area (Å²) in [5.41, 5.74) is 8.71. The molecule has 0 bridgehead atoms. The highest BCUT2D eigenvalue weighted by Gasteiger charge is 2.10. The number of aryl methyl sites for hydroxylation is 1. The van der Waals surface area contributed by atoms with Gasteiger partial charge in [-0.1, -0.05) is 49.1 Å². The minimum atomic E-state index is 0.115. The first-order valence-electron chi connectivity index (χ1n) is 8.00. The Balaban J connectivity index is 1.86. The van der Waals surface area contributed by atoms with Crippen molar-refractivity contribution in [1.82, 2.24) is 4.90 Å². The molecule has 0 aliphatic rings. The first kappa shape index (κ1) is 17.6. The van der Waals surface area contributed by atoms with E-state index in [0.717, 1.165) is 11.1 Å². The van der Waals surface area contributed by atoms with Crippen molar-refractivity contribution in [2.75, 3.05) is 19.4 Å². The molecule has 0 atom stereocenters. The van der Waals surface area contributed by atoms with Gasteiger partial charge in [0, 0.05) is 20.0 Å². The number of nitrogens with zero attached hydrogens (tertiary/aromatic N) is 1. The van der Waals surface area contributed by atoms with Gasteiger partial charge in [-0.25, -0.2) is 0 Å². The van der Waals surface area contributed by atoms with Crippen LogP contribution in [0.1, 0.15) is 17.5 Å². The Bertz CT molecular complexity index is 683. The minimum Gasteiger partial charge on any atom is -0.487 e. The molecule has 0 spiro atoms. The van der Waals surface area contributed by atoms with Crippen LogP contribution in [0.5, 0.6) is 5.75 Å². The first-order valence-corrected chi connectivity index (χ1v) is 8.00. The van der Waals surface area contributed by atoms with Crippen molar-refractivity contribution in [2.24, 2.45) is 0 Å². The zero-order valence-corrected chi connectivity index (χ0v) is 14.1. The maximum atomic E-state index is 12.3. The Morgan fingerprint density at radius 1 is 1.21 bits per heavy atom. The molecule has 4 heteroatoms. The number of ether oxygens (including phenoxy) is 1. The highest BCUT2D eigenvalue weighted by atomic mass is 16.5. The predicted octanol–water partition coefficient (Wildman–Crippen LogP) is 3.42. The summed E-state index contributed by atoms with van der Waals surface area (Å²) in [6.07, 6.45) is 2.79. The molecule has 4 nitrogen and oxygen atoms in total. The number of rotatable bonds is 8. The second-order valence-electron chi connectivity index (χ2n) is 5.71. The van der Waals surface area contributed by atoms with Gasteiger partial charge in [0.05, 0.1) is 5.69 Å². The van der Waals surface area contributed by atoms with Gasteiger partial charge in [0.1, 0.15) is 12.4 Å². The van der Waals surface area contributed by atoms with E-state index < -0.39 is 0 Å². The van der Waals surface area contributed by atoms with Gasteiger partial charge in [-0.2, -0.15) is 0 Å². The molecule has 24 heavy (non-hydrogen) atoms. The van der Waals surface area contributed by atoms with Crippen LogP contribution in [0.25, 0.3) is 0 Å². The molecule has 126 valence electrons. The van der Waals surface area contributed by atoms with Gasteiger partial charge >= 0.3 is 0 Å². The molecule has 0 radical (unpaired) electrons. The minimum absolute atomic E-state index is 0.115. The smallest absolute Gasteiger partial charge is 0.222 e. The second kappa shape index (κ2) is 8.77. The van der Waals surface area contributed by atoms with Gasteiger partial charge in [-0.05, 0) is 29.7 Å². The lowest BCUT2D eigenvalue weighted by atomic mass is 10.1. The van der Waals surface area contributed by atoms with Crippen LogP contribution in [0, 0.1) is 0 Å². The summed E-state index contributed by atoms with van der Waals surface area (Å²) in [6.45, 7) is 4.65. The summed E-state index contributed by atoms with van der Waals surface area (Å²) in [4.78, 5) is 14.0. The number of amides is 1. The molecule has 0 aliphatic carbocycles. The van der Waals surface area contributed by atoms with Crippen molar-refractivity contribution in [2.45, 2.75) is 19.4 Å². The third-order valence-corrected chi connectivity index (χ3v) is 3.75. The summed E-state index contributed by atoms with van der Waals surface area (Å²) >= 11 is 0. The molecule has 0 saturated heterocycles. The monoisotopic (exact) mass is 324 g/mol. The van der Waals surface area contributed by atoms with Gasteiger partial charge in [-0.3, -0.25) is 4.79 Å². The number of carbonyl (C=O) groups excluding carboxylic acids is 1. The van der Waals surface area contributed by atoms with Crippen molar-refractivity contribution < 1.29 is 9.53 Å². The van der Waals surface area contributed by atoms with Crippen molar-refractivity contribution in [3.63, 3.8) is 0 Å². The van der Waals surface area contributed by atoms with E-state index in [1.807, 2.05) is 55.6 Å². The number of hydrogen-bond donors (Lipinski definition) is 1. The molecule has 2 aromatic carbocycles. The van der Waals surface area contributed by atoms with Gasteiger partial charge < -0.3 is 15.4 Å². The average Bonchev–Trinajstić information content (AvgIpc) is 2.59. The lowest BCUT2D eigenvalue weighted by Crippen LogP contribution is -2.26. The Morgan fingerprint density at radius 2 is 1.96 bits per heavy atom. The van der Waals surface area contributed by atoms with Crippen LogP contribution >= 0.6 is 0 Å². The zero-order chi connectivity index (χ0) is 17.4. The normalized spacial score (nSPS) is 10.2. The van der Waals surface area contributed by atoms with Gasteiger partial charge in [-0.15, -0.1) is 0 Å². The van der Waals surface area contributed by atoms with Crippen molar-refractivity contribution in [3.8, 4) is 5.75 Å². The number of nitrogen functional groups attached to an aromatic ring is 1. The van der Waals surface area contributed by atoms with E-state index in [2.05, 4.69) is 6.58 Å². The van der Waals surface area contributed by atoms with Crippen LogP contribution < -0.4 is 10.5 Å². The van der Waals surface area contributed by atoms with Gasteiger partial charge in [0.2, 0.25) is 5.91 Å². The van der Waals surface area contributed by atoms with Gasteiger partial charge in [0.25, 0.3) is 0 Å². The summed E-state index contributed by atoms with van der Waals surface area (Å²) in [5.74, 6) is 0.760. The second-order valence-corrected chi connectivity index (χ2v) is 5.71. The number of anilines is 1. The van der Waals surface area contributed by atoms with Crippen molar-refractivity contribution >= 4 is 11.6 Å². The summed E-state index contributed by atoms with van der Waals surface area (Å²) in [7, 11) is 1.83. The topological polar surface area (TPSA) is 55.6 Å². The fraction of sp³-hybridized carbons (Fsp3) is 0.250. The molecule has 0 aliphatic heterocycles. The van der Waals surface area contributed by atoms with E-state index in [-0.39, 0.29) is 5.91 Å². The number of carbonyl (C=O) groups is 1. The number of nitrogens with two attached hydrogens (primary N) is 1. The molecule has 2 N–H and O–H groups in total. The van der Waals surface area contributed by atoms with Crippen LogP contribution in [-0.4, -0.2) is 24.5 Å². The number of benzene rings is 2. The van der Waals surface area contributed by atoms with E-state index in [4.69, 9.17) is 10.5 Å². The van der Waals surface area contributed by atoms with E-state index in [1.54, 1.807) is 11.0 Å². The Morgan fingerprint density at radius 3 is 2.62 bits per heavy atom. The standard InChI is InChI=1S/C20H24N2O2/c1-3-13-24-19-11-9-16(14-18(19)21)10-12-20(23)22(2)15-17-7-5-4-6-8-17/h3-9,11,14H,1,10,12-13,15,21H2,2H3. The fourth-order valence-electron chi connectivity index (χ4n) is 2.42. The maximum Gasteiger partial charge on any atom is 0.222 e. The van der Waals surface area contributed by atoms with Crippen molar-refractivity contribution in [1.29, 1.82) is 0 Å². The summed E-state index contributed by atoms with van der Waals surface area (Å²) in [5, 5.41) is 0. The Labute approximate surface area is 143 Å². The van der Waals surface area contributed by atoms with E-state index in [9.17, 15) is 4.79 Å². The average molecular weight is 324 g/mol. The van der Waals surface area contributed by atoms with Crippen LogP contribution in [0.3, 0.4) is 0 Å². The predicted molar refractivity (Wildman–Crippen MR) is 97.8 cm³/mol. The van der Waals surface area contributed by atoms with Crippen LogP contribution in [0.4, 0.5) is 5.69 Å². The van der Waals surface area contributed by atoms with Crippen LogP contribution in [-0.2, 0) is 17.8 Å². The maximum absolute atomic E-state index is 12.3. The molecule has 0 unspecified atom stereocenters.